The Morgan fingerprint density at radius 1 is 1.31 bits per heavy atom. The van der Waals surface area contributed by atoms with Gasteiger partial charge in [-0.1, -0.05) is 18.2 Å². The summed E-state index contributed by atoms with van der Waals surface area (Å²) in [4.78, 5) is 16.1. The van der Waals surface area contributed by atoms with Gasteiger partial charge in [-0.15, -0.1) is 11.3 Å². The fourth-order valence-electron chi connectivity index (χ4n) is 3.13. The minimum Gasteiger partial charge on any atom is -0.308 e. The van der Waals surface area contributed by atoms with Gasteiger partial charge in [0.25, 0.3) is 0 Å². The molecule has 130 valence electrons. The van der Waals surface area contributed by atoms with Crippen LogP contribution in [0.4, 0.5) is 5.82 Å². The van der Waals surface area contributed by atoms with Gasteiger partial charge in [0, 0.05) is 18.0 Å². The standard InChI is InChI=1S/C19H17N5OS/c20-10-15-11-21-24(16-4-2-1-3-5-16)19(15)22-18(25)13-23-8-6-17-14(12-23)7-9-26-17/h1-5,7,9,11H,6,8,12-13H2,(H,22,25). The molecular formula is C19H17N5OS. The Morgan fingerprint density at radius 2 is 2.15 bits per heavy atom. The topological polar surface area (TPSA) is 74.0 Å². The van der Waals surface area contributed by atoms with E-state index in [9.17, 15) is 10.1 Å². The largest absolute Gasteiger partial charge is 0.308 e. The first-order valence-corrected chi connectivity index (χ1v) is 9.23. The van der Waals surface area contributed by atoms with Crippen LogP contribution in [0.15, 0.2) is 48.0 Å². The third-order valence-electron chi connectivity index (χ3n) is 4.40. The van der Waals surface area contributed by atoms with E-state index in [2.05, 4.69) is 32.8 Å². The normalized spacial score (nSPS) is 13.8. The van der Waals surface area contributed by atoms with E-state index in [0.29, 0.717) is 17.9 Å². The number of anilines is 1. The first-order chi connectivity index (χ1) is 12.7. The van der Waals surface area contributed by atoms with E-state index < -0.39 is 0 Å². The number of para-hydroxylation sites is 1. The third-order valence-corrected chi connectivity index (χ3v) is 5.43. The number of carbonyl (C=O) groups is 1. The number of nitriles is 1. The second-order valence-electron chi connectivity index (χ2n) is 6.14. The molecule has 0 bridgehead atoms. The molecule has 0 spiro atoms. The molecule has 2 aromatic heterocycles. The summed E-state index contributed by atoms with van der Waals surface area (Å²) in [5.74, 6) is 0.273. The van der Waals surface area contributed by atoms with Gasteiger partial charge in [-0.05, 0) is 35.6 Å². The average Bonchev–Trinajstić information content (AvgIpc) is 3.28. The molecule has 0 radical (unpaired) electrons. The van der Waals surface area contributed by atoms with E-state index in [1.54, 1.807) is 16.0 Å². The first kappa shape index (κ1) is 16.5. The molecule has 3 heterocycles. The first-order valence-electron chi connectivity index (χ1n) is 8.35. The average molecular weight is 363 g/mol. The van der Waals surface area contributed by atoms with Crippen LogP contribution in [0.2, 0.25) is 0 Å². The van der Waals surface area contributed by atoms with E-state index >= 15 is 0 Å². The molecule has 3 aromatic rings. The predicted molar refractivity (Wildman–Crippen MR) is 100 cm³/mol. The number of nitrogens with one attached hydrogen (secondary N) is 1. The zero-order valence-corrected chi connectivity index (χ0v) is 14.9. The van der Waals surface area contributed by atoms with Crippen LogP contribution < -0.4 is 5.32 Å². The summed E-state index contributed by atoms with van der Waals surface area (Å²) in [6.45, 7) is 1.94. The molecule has 0 atom stereocenters. The summed E-state index contributed by atoms with van der Waals surface area (Å²) in [6.07, 6.45) is 2.45. The van der Waals surface area contributed by atoms with Crippen molar-refractivity contribution in [2.24, 2.45) is 0 Å². The maximum absolute atomic E-state index is 12.6. The van der Waals surface area contributed by atoms with Gasteiger partial charge in [0.2, 0.25) is 5.91 Å². The van der Waals surface area contributed by atoms with Crippen molar-refractivity contribution in [2.45, 2.75) is 13.0 Å². The van der Waals surface area contributed by atoms with Crippen molar-refractivity contribution < 1.29 is 4.79 Å². The summed E-state index contributed by atoms with van der Waals surface area (Å²) in [5, 5.41) is 18.6. The molecule has 0 unspecified atom stereocenters. The van der Waals surface area contributed by atoms with Gasteiger partial charge in [-0.2, -0.15) is 10.4 Å². The number of amides is 1. The molecule has 1 N–H and O–H groups in total. The SMILES string of the molecule is N#Cc1cnn(-c2ccccc2)c1NC(=O)CN1CCc2sccc2C1. The molecule has 6 nitrogen and oxygen atoms in total. The van der Waals surface area contributed by atoms with Crippen LogP contribution in [0.25, 0.3) is 5.69 Å². The number of carbonyl (C=O) groups excluding carboxylic acids is 1. The van der Waals surface area contributed by atoms with E-state index in [-0.39, 0.29) is 5.91 Å². The van der Waals surface area contributed by atoms with Crippen LogP contribution in [0.5, 0.6) is 0 Å². The highest BCUT2D eigenvalue weighted by atomic mass is 32.1. The van der Waals surface area contributed by atoms with Gasteiger partial charge < -0.3 is 5.32 Å². The van der Waals surface area contributed by atoms with Crippen LogP contribution in [0.3, 0.4) is 0 Å². The maximum Gasteiger partial charge on any atom is 0.239 e. The Labute approximate surface area is 155 Å². The molecule has 1 aliphatic heterocycles. The Morgan fingerprint density at radius 3 is 2.96 bits per heavy atom. The van der Waals surface area contributed by atoms with E-state index in [1.165, 1.54) is 16.6 Å². The lowest BCUT2D eigenvalue weighted by Gasteiger charge is -2.26. The Hall–Kier alpha value is -2.95. The van der Waals surface area contributed by atoms with E-state index in [0.717, 1.165) is 25.2 Å². The van der Waals surface area contributed by atoms with Gasteiger partial charge in [0.15, 0.2) is 5.82 Å². The molecule has 26 heavy (non-hydrogen) atoms. The van der Waals surface area contributed by atoms with Crippen molar-refractivity contribution in [3.05, 3.63) is 64.0 Å². The molecule has 1 aliphatic rings. The van der Waals surface area contributed by atoms with Crippen LogP contribution in [-0.4, -0.2) is 33.7 Å². The summed E-state index contributed by atoms with van der Waals surface area (Å²) in [5.41, 5.74) is 2.45. The number of fused-ring (bicyclic) bond motifs is 1. The van der Waals surface area contributed by atoms with Crippen molar-refractivity contribution in [1.82, 2.24) is 14.7 Å². The van der Waals surface area contributed by atoms with Crippen LogP contribution in [0.1, 0.15) is 16.0 Å². The minimum atomic E-state index is -0.141. The zero-order chi connectivity index (χ0) is 17.9. The predicted octanol–water partition coefficient (Wildman–Crippen LogP) is 2.80. The number of aromatic nitrogens is 2. The lowest BCUT2D eigenvalue weighted by Crippen LogP contribution is -2.37. The van der Waals surface area contributed by atoms with Gasteiger partial charge >= 0.3 is 0 Å². The Kier molecular flexibility index (Phi) is 4.52. The molecule has 7 heteroatoms. The quantitative estimate of drug-likeness (QED) is 0.773. The number of benzene rings is 1. The van der Waals surface area contributed by atoms with Gasteiger partial charge in [0.05, 0.1) is 18.4 Å². The lowest BCUT2D eigenvalue weighted by molar-refractivity contribution is -0.117. The van der Waals surface area contributed by atoms with Gasteiger partial charge in [-0.25, -0.2) is 4.68 Å². The van der Waals surface area contributed by atoms with E-state index in [1.807, 2.05) is 30.3 Å². The molecule has 1 aromatic carbocycles. The highest BCUT2D eigenvalue weighted by molar-refractivity contribution is 7.10. The third kappa shape index (κ3) is 3.25. The molecule has 1 amide bonds. The summed E-state index contributed by atoms with van der Waals surface area (Å²) in [7, 11) is 0. The van der Waals surface area contributed by atoms with Crippen LogP contribution in [-0.2, 0) is 17.8 Å². The molecule has 4 rings (SSSR count). The van der Waals surface area contributed by atoms with Crippen LogP contribution >= 0.6 is 11.3 Å². The fraction of sp³-hybridized carbons (Fsp3) is 0.211. The fourth-order valence-corrected chi connectivity index (χ4v) is 4.02. The van der Waals surface area contributed by atoms with Crippen molar-refractivity contribution >= 4 is 23.1 Å². The Bertz CT molecular complexity index is 969. The summed E-state index contributed by atoms with van der Waals surface area (Å²) in [6, 6.07) is 13.7. The summed E-state index contributed by atoms with van der Waals surface area (Å²) >= 11 is 1.78. The number of rotatable bonds is 4. The molecule has 0 fully saturated rings. The number of hydrogen-bond acceptors (Lipinski definition) is 5. The van der Waals surface area contributed by atoms with Crippen molar-refractivity contribution in [2.75, 3.05) is 18.4 Å². The van der Waals surface area contributed by atoms with E-state index in [4.69, 9.17) is 0 Å². The molecule has 0 saturated carbocycles. The smallest absolute Gasteiger partial charge is 0.239 e. The number of hydrogen-bond donors (Lipinski definition) is 1. The lowest BCUT2D eigenvalue weighted by atomic mass is 10.1. The van der Waals surface area contributed by atoms with Gasteiger partial charge in [-0.3, -0.25) is 9.69 Å². The van der Waals surface area contributed by atoms with Crippen molar-refractivity contribution in [3.63, 3.8) is 0 Å². The van der Waals surface area contributed by atoms with Crippen molar-refractivity contribution in [3.8, 4) is 11.8 Å². The minimum absolute atomic E-state index is 0.141. The highest BCUT2D eigenvalue weighted by Crippen LogP contribution is 2.24. The second-order valence-corrected chi connectivity index (χ2v) is 7.14. The molecular weight excluding hydrogens is 346 g/mol. The molecule has 0 saturated heterocycles. The van der Waals surface area contributed by atoms with Crippen LogP contribution in [0, 0.1) is 11.3 Å². The van der Waals surface area contributed by atoms with Gasteiger partial charge in [0.1, 0.15) is 11.6 Å². The zero-order valence-electron chi connectivity index (χ0n) is 14.1. The highest BCUT2D eigenvalue weighted by Gasteiger charge is 2.21. The second kappa shape index (κ2) is 7.12. The maximum atomic E-state index is 12.6. The number of nitrogens with zero attached hydrogens (tertiary/aromatic N) is 4. The number of thiophene rings is 1. The Balaban J connectivity index is 1.50. The van der Waals surface area contributed by atoms with Crippen molar-refractivity contribution in [1.29, 1.82) is 5.26 Å². The summed E-state index contributed by atoms with van der Waals surface area (Å²) < 4.78 is 1.59. The monoisotopic (exact) mass is 363 g/mol. The molecule has 0 aliphatic carbocycles.